The highest BCUT2D eigenvalue weighted by Crippen LogP contribution is 2.51. The molecule has 3 aromatic rings. The maximum absolute atomic E-state index is 14.2. The number of nitrogens with zero attached hydrogens (tertiary/aromatic N) is 1. The van der Waals surface area contributed by atoms with Gasteiger partial charge in [0.05, 0.1) is 18.3 Å². The Morgan fingerprint density at radius 3 is 2.56 bits per heavy atom. The van der Waals surface area contributed by atoms with Crippen molar-refractivity contribution in [1.29, 1.82) is 0 Å². The van der Waals surface area contributed by atoms with Gasteiger partial charge >= 0.3 is 0 Å². The van der Waals surface area contributed by atoms with Crippen LogP contribution in [0.1, 0.15) is 30.9 Å². The number of halogens is 2. The summed E-state index contributed by atoms with van der Waals surface area (Å²) < 4.78 is 14.7. The standard InChI is InChI=1S/C28H25Br2NO3/c1-19-10-15-23(18-33-22-6-3-2-4-7-22)34-28(16-19)26-24(30)8-5-9-25(26)31(27(28)32)17-20-11-13-21(29)14-12-20/h2-14,23H,15-18H2,1H3. The second kappa shape index (κ2) is 9.68. The van der Waals surface area contributed by atoms with Gasteiger partial charge in [-0.25, -0.2) is 0 Å². The van der Waals surface area contributed by atoms with Gasteiger partial charge in [-0.15, -0.1) is 0 Å². The van der Waals surface area contributed by atoms with Crippen molar-refractivity contribution in [2.24, 2.45) is 0 Å². The van der Waals surface area contributed by atoms with Gasteiger partial charge in [-0.3, -0.25) is 4.79 Å². The summed E-state index contributed by atoms with van der Waals surface area (Å²) in [5.41, 5.74) is 2.90. The number of rotatable bonds is 5. The minimum atomic E-state index is -1.09. The first-order valence-corrected chi connectivity index (χ1v) is 12.9. The number of hydrogen-bond acceptors (Lipinski definition) is 3. The Labute approximate surface area is 216 Å². The van der Waals surface area contributed by atoms with Crippen LogP contribution in [-0.2, 0) is 21.7 Å². The van der Waals surface area contributed by atoms with E-state index in [1.165, 1.54) is 0 Å². The van der Waals surface area contributed by atoms with Gasteiger partial charge in [-0.2, -0.15) is 0 Å². The molecule has 0 bridgehead atoms. The van der Waals surface area contributed by atoms with E-state index in [9.17, 15) is 4.79 Å². The van der Waals surface area contributed by atoms with Crippen LogP contribution in [-0.4, -0.2) is 18.6 Å². The Bertz CT molecular complexity index is 1230. The number of fused-ring (bicyclic) bond motifs is 2. The van der Waals surface area contributed by atoms with E-state index in [-0.39, 0.29) is 12.0 Å². The molecule has 2 unspecified atom stereocenters. The SMILES string of the molecule is CC1=CCC(COc2ccccc2)OC2(C1)C(=O)N(Cc1ccc(Br)cc1)c1cccc(Br)c12. The highest BCUT2D eigenvalue weighted by Gasteiger charge is 2.54. The fraction of sp³-hybridized carbons (Fsp3) is 0.250. The summed E-state index contributed by atoms with van der Waals surface area (Å²) in [5.74, 6) is 0.762. The largest absolute Gasteiger partial charge is 0.491 e. The van der Waals surface area contributed by atoms with E-state index >= 15 is 0 Å². The Morgan fingerprint density at radius 1 is 1.03 bits per heavy atom. The molecule has 0 N–H and O–H groups in total. The van der Waals surface area contributed by atoms with Gasteiger partial charge in [0.1, 0.15) is 12.4 Å². The second-order valence-electron chi connectivity index (χ2n) is 8.81. The summed E-state index contributed by atoms with van der Waals surface area (Å²) >= 11 is 7.22. The van der Waals surface area contributed by atoms with Crippen molar-refractivity contribution in [3.05, 3.63) is 105 Å². The number of anilines is 1. The summed E-state index contributed by atoms with van der Waals surface area (Å²) in [7, 11) is 0. The minimum absolute atomic E-state index is 0.0309. The molecule has 0 radical (unpaired) electrons. The van der Waals surface area contributed by atoms with Crippen molar-refractivity contribution in [2.45, 2.75) is 38.0 Å². The number of ether oxygens (including phenoxy) is 2. The summed E-state index contributed by atoms with van der Waals surface area (Å²) in [4.78, 5) is 16.0. The van der Waals surface area contributed by atoms with Crippen molar-refractivity contribution >= 4 is 43.5 Å². The summed E-state index contributed by atoms with van der Waals surface area (Å²) in [5, 5.41) is 0. The van der Waals surface area contributed by atoms with Gasteiger partial charge < -0.3 is 14.4 Å². The molecule has 3 aromatic carbocycles. The molecule has 5 rings (SSSR count). The van der Waals surface area contributed by atoms with Crippen LogP contribution in [0.15, 0.2) is 93.4 Å². The van der Waals surface area contributed by atoms with E-state index in [0.717, 1.165) is 37.1 Å². The van der Waals surface area contributed by atoms with Crippen molar-refractivity contribution in [3.63, 3.8) is 0 Å². The molecule has 1 amide bonds. The fourth-order valence-corrected chi connectivity index (χ4v) is 5.69. The average Bonchev–Trinajstić information content (AvgIpc) is 2.95. The van der Waals surface area contributed by atoms with Gasteiger partial charge in [-0.05, 0) is 55.3 Å². The third kappa shape index (κ3) is 4.47. The third-order valence-corrected chi connectivity index (χ3v) is 7.52. The van der Waals surface area contributed by atoms with Crippen LogP contribution < -0.4 is 9.64 Å². The van der Waals surface area contributed by atoms with Crippen LogP contribution in [0, 0.1) is 0 Å². The van der Waals surface area contributed by atoms with E-state index in [1.54, 1.807) is 0 Å². The molecule has 34 heavy (non-hydrogen) atoms. The predicted molar refractivity (Wildman–Crippen MR) is 141 cm³/mol. The van der Waals surface area contributed by atoms with Gasteiger partial charge in [0.2, 0.25) is 0 Å². The van der Waals surface area contributed by atoms with Crippen molar-refractivity contribution in [3.8, 4) is 5.75 Å². The molecule has 2 atom stereocenters. The highest BCUT2D eigenvalue weighted by molar-refractivity contribution is 9.10. The molecule has 1 spiro atoms. The van der Waals surface area contributed by atoms with E-state index in [2.05, 4.69) is 44.9 Å². The van der Waals surface area contributed by atoms with Gasteiger partial charge in [0.15, 0.2) is 5.60 Å². The zero-order valence-corrected chi connectivity index (χ0v) is 22.0. The van der Waals surface area contributed by atoms with Crippen molar-refractivity contribution < 1.29 is 14.3 Å². The van der Waals surface area contributed by atoms with E-state index < -0.39 is 5.60 Å². The normalized spacial score (nSPS) is 21.9. The van der Waals surface area contributed by atoms with E-state index in [0.29, 0.717) is 26.0 Å². The lowest BCUT2D eigenvalue weighted by Crippen LogP contribution is -2.45. The first kappa shape index (κ1) is 23.3. The van der Waals surface area contributed by atoms with Gasteiger partial charge in [0.25, 0.3) is 5.91 Å². The lowest BCUT2D eigenvalue weighted by atomic mass is 9.88. The minimum Gasteiger partial charge on any atom is -0.491 e. The fourth-order valence-electron chi connectivity index (χ4n) is 4.75. The molecular formula is C28H25Br2NO3. The molecule has 0 saturated carbocycles. The Kier molecular flexibility index (Phi) is 6.65. The van der Waals surface area contributed by atoms with E-state index in [4.69, 9.17) is 9.47 Å². The molecule has 6 heteroatoms. The quantitative estimate of drug-likeness (QED) is 0.300. The number of para-hydroxylation sites is 1. The Balaban J connectivity index is 1.50. The zero-order valence-electron chi connectivity index (χ0n) is 18.8. The highest BCUT2D eigenvalue weighted by atomic mass is 79.9. The Hall–Kier alpha value is -2.41. The lowest BCUT2D eigenvalue weighted by Gasteiger charge is -2.32. The lowest BCUT2D eigenvalue weighted by molar-refractivity contribution is -0.154. The summed E-state index contributed by atoms with van der Waals surface area (Å²) in [6.45, 7) is 2.93. The maximum Gasteiger partial charge on any atom is 0.264 e. The van der Waals surface area contributed by atoms with E-state index in [1.807, 2.05) is 77.7 Å². The summed E-state index contributed by atoms with van der Waals surface area (Å²) in [6, 6.07) is 23.8. The molecule has 2 aliphatic heterocycles. The third-order valence-electron chi connectivity index (χ3n) is 6.33. The smallest absolute Gasteiger partial charge is 0.264 e. The molecule has 0 aromatic heterocycles. The molecule has 0 saturated heterocycles. The Morgan fingerprint density at radius 2 is 1.79 bits per heavy atom. The number of hydrogen-bond donors (Lipinski definition) is 0. The van der Waals surface area contributed by atoms with Crippen LogP contribution in [0.3, 0.4) is 0 Å². The predicted octanol–water partition coefficient (Wildman–Crippen LogP) is 7.16. The first-order chi connectivity index (χ1) is 16.5. The zero-order chi connectivity index (χ0) is 23.7. The first-order valence-electron chi connectivity index (χ1n) is 11.3. The van der Waals surface area contributed by atoms with Crippen LogP contribution in [0.2, 0.25) is 0 Å². The van der Waals surface area contributed by atoms with Crippen molar-refractivity contribution in [1.82, 2.24) is 0 Å². The molecule has 4 nitrogen and oxygen atoms in total. The van der Waals surface area contributed by atoms with Crippen LogP contribution >= 0.6 is 31.9 Å². The van der Waals surface area contributed by atoms with Crippen molar-refractivity contribution in [2.75, 3.05) is 11.5 Å². The second-order valence-corrected chi connectivity index (χ2v) is 10.6. The van der Waals surface area contributed by atoms with Gasteiger partial charge in [0, 0.05) is 20.9 Å². The van der Waals surface area contributed by atoms with Crippen LogP contribution in [0.4, 0.5) is 5.69 Å². The maximum atomic E-state index is 14.2. The average molecular weight is 583 g/mol. The van der Waals surface area contributed by atoms with Crippen LogP contribution in [0.25, 0.3) is 0 Å². The number of carbonyl (C=O) groups excluding carboxylic acids is 1. The van der Waals surface area contributed by atoms with Gasteiger partial charge in [-0.1, -0.05) is 79.9 Å². The van der Waals surface area contributed by atoms with Crippen LogP contribution in [0.5, 0.6) is 5.75 Å². The molecule has 2 heterocycles. The number of amides is 1. The monoisotopic (exact) mass is 581 g/mol. The molecular weight excluding hydrogens is 558 g/mol. The molecule has 0 fully saturated rings. The number of carbonyl (C=O) groups is 1. The molecule has 174 valence electrons. The topological polar surface area (TPSA) is 38.8 Å². The number of benzene rings is 3. The molecule has 0 aliphatic carbocycles. The molecule has 2 aliphatic rings. The summed E-state index contributed by atoms with van der Waals surface area (Å²) in [6.07, 6.45) is 3.13.